The van der Waals surface area contributed by atoms with Gasteiger partial charge in [-0.15, -0.1) is 0 Å². The average Bonchev–Trinajstić information content (AvgIpc) is 2.39. The lowest BCUT2D eigenvalue weighted by Gasteiger charge is -2.26. The van der Waals surface area contributed by atoms with Crippen LogP contribution in [-0.4, -0.2) is 30.1 Å². The van der Waals surface area contributed by atoms with Crippen LogP contribution in [0.1, 0.15) is 46.0 Å². The second-order valence-corrected chi connectivity index (χ2v) is 6.54. The summed E-state index contributed by atoms with van der Waals surface area (Å²) in [5.74, 6) is 2.55. The number of anilines is 2. The lowest BCUT2D eigenvalue weighted by Crippen LogP contribution is -2.28. The van der Waals surface area contributed by atoms with Crippen molar-refractivity contribution in [2.24, 2.45) is 5.92 Å². The molecule has 0 radical (unpaired) electrons. The average molecular weight is 289 g/mol. The molecule has 0 amide bonds. The highest BCUT2D eigenvalue weighted by atomic mass is 15.2. The van der Waals surface area contributed by atoms with E-state index < -0.39 is 0 Å². The van der Waals surface area contributed by atoms with E-state index in [4.69, 9.17) is 10.2 Å². The van der Waals surface area contributed by atoms with Crippen molar-refractivity contribution in [1.82, 2.24) is 9.97 Å². The first-order valence-electron chi connectivity index (χ1n) is 7.44. The number of nitriles is 1. The molecule has 1 heterocycles. The molecule has 1 aromatic heterocycles. The van der Waals surface area contributed by atoms with E-state index >= 15 is 0 Å². The monoisotopic (exact) mass is 289 g/mol. The Bertz CT molecular complexity index is 525. The van der Waals surface area contributed by atoms with Gasteiger partial charge in [-0.2, -0.15) is 5.26 Å². The fourth-order valence-electron chi connectivity index (χ4n) is 2.09. The van der Waals surface area contributed by atoms with E-state index in [1.165, 1.54) is 0 Å². The van der Waals surface area contributed by atoms with E-state index in [1.54, 1.807) is 0 Å². The maximum Gasteiger partial charge on any atom is 0.138 e. The highest BCUT2D eigenvalue weighted by Crippen LogP contribution is 2.28. The number of nitrogens with one attached hydrogen (secondary N) is 1. The smallest absolute Gasteiger partial charge is 0.138 e. The van der Waals surface area contributed by atoms with Gasteiger partial charge >= 0.3 is 0 Å². The number of hydrogen-bond donors (Lipinski definition) is 1. The maximum atomic E-state index is 9.00. The minimum Gasteiger partial charge on any atom is -0.370 e. The molecule has 0 saturated carbocycles. The summed E-state index contributed by atoms with van der Waals surface area (Å²) in [7, 11) is 1.98. The molecule has 21 heavy (non-hydrogen) atoms. The Hall–Kier alpha value is -1.83. The molecule has 1 N–H and O–H groups in total. The molecule has 0 fully saturated rings. The third-order valence-corrected chi connectivity index (χ3v) is 3.26. The van der Waals surface area contributed by atoms with Crippen LogP contribution >= 0.6 is 0 Å². The van der Waals surface area contributed by atoms with Crippen molar-refractivity contribution in [3.8, 4) is 6.07 Å². The minimum absolute atomic E-state index is 0.0370. The first-order valence-corrected chi connectivity index (χ1v) is 7.44. The molecule has 1 atom stereocenters. The number of rotatable bonds is 5. The fourth-order valence-corrected chi connectivity index (χ4v) is 2.09. The molecule has 1 rings (SSSR count). The highest BCUT2D eigenvalue weighted by molar-refractivity contribution is 5.58. The van der Waals surface area contributed by atoms with Crippen LogP contribution in [0.4, 0.5) is 11.6 Å². The second kappa shape index (κ2) is 6.75. The molecule has 0 aliphatic carbocycles. The van der Waals surface area contributed by atoms with E-state index in [0.717, 1.165) is 29.6 Å². The van der Waals surface area contributed by atoms with Gasteiger partial charge in [-0.25, -0.2) is 9.97 Å². The summed E-state index contributed by atoms with van der Waals surface area (Å²) < 4.78 is 0. The maximum absolute atomic E-state index is 9.00. The zero-order valence-corrected chi connectivity index (χ0v) is 14.3. The van der Waals surface area contributed by atoms with Crippen molar-refractivity contribution < 1.29 is 0 Å². The van der Waals surface area contributed by atoms with Crippen molar-refractivity contribution in [2.75, 3.05) is 30.4 Å². The molecule has 5 nitrogen and oxygen atoms in total. The van der Waals surface area contributed by atoms with Crippen LogP contribution in [0.2, 0.25) is 0 Å². The Kier molecular flexibility index (Phi) is 5.54. The lowest BCUT2D eigenvalue weighted by molar-refractivity contribution is 0.544. The van der Waals surface area contributed by atoms with Crippen LogP contribution in [0.25, 0.3) is 0 Å². The molecule has 5 heteroatoms. The first kappa shape index (κ1) is 17.2. The van der Waals surface area contributed by atoms with Gasteiger partial charge in [0.1, 0.15) is 17.5 Å². The van der Waals surface area contributed by atoms with E-state index in [1.807, 2.05) is 25.8 Å². The fraction of sp³-hybridized carbons (Fsp3) is 0.688. The summed E-state index contributed by atoms with van der Waals surface area (Å²) in [6.45, 7) is 13.8. The highest BCUT2D eigenvalue weighted by Gasteiger charge is 2.22. The molecule has 0 spiro atoms. The molecule has 116 valence electrons. The zero-order chi connectivity index (χ0) is 16.2. The number of nitrogens with zero attached hydrogens (tertiary/aromatic N) is 4. The van der Waals surface area contributed by atoms with Crippen LogP contribution in [0.5, 0.6) is 0 Å². The third kappa shape index (κ3) is 4.32. The molecule has 1 unspecified atom stereocenters. The molecular formula is C16H27N5. The van der Waals surface area contributed by atoms with Crippen molar-refractivity contribution in [2.45, 2.75) is 47.0 Å². The van der Waals surface area contributed by atoms with Gasteiger partial charge in [0, 0.05) is 31.1 Å². The van der Waals surface area contributed by atoms with Crippen LogP contribution in [0, 0.1) is 24.2 Å². The molecular weight excluding hydrogens is 262 g/mol. The van der Waals surface area contributed by atoms with Crippen LogP contribution in [0.3, 0.4) is 0 Å². The molecule has 0 aromatic carbocycles. The molecule has 0 aliphatic rings. The normalized spacial score (nSPS) is 12.7. The molecule has 0 aliphatic heterocycles. The van der Waals surface area contributed by atoms with E-state index in [2.05, 4.69) is 44.1 Å². The SMILES string of the molecule is CCNc1nc(C(C)(C)C)nc(N(C)CC(C)C#N)c1C. The van der Waals surface area contributed by atoms with E-state index in [-0.39, 0.29) is 11.3 Å². The van der Waals surface area contributed by atoms with Crippen LogP contribution < -0.4 is 10.2 Å². The predicted octanol–water partition coefficient (Wildman–Crippen LogP) is 3.11. The Balaban J connectivity index is 3.29. The van der Waals surface area contributed by atoms with Crippen molar-refractivity contribution >= 4 is 11.6 Å². The topological polar surface area (TPSA) is 64.8 Å². The van der Waals surface area contributed by atoms with Crippen molar-refractivity contribution in [3.63, 3.8) is 0 Å². The summed E-state index contributed by atoms with van der Waals surface area (Å²) in [6.07, 6.45) is 0. The van der Waals surface area contributed by atoms with Gasteiger partial charge in [-0.1, -0.05) is 20.8 Å². The van der Waals surface area contributed by atoms with E-state index in [9.17, 15) is 0 Å². The van der Waals surface area contributed by atoms with Crippen LogP contribution in [-0.2, 0) is 5.41 Å². The van der Waals surface area contributed by atoms with Gasteiger partial charge < -0.3 is 10.2 Å². The number of hydrogen-bond acceptors (Lipinski definition) is 5. The molecule has 0 bridgehead atoms. The van der Waals surface area contributed by atoms with Crippen LogP contribution in [0.15, 0.2) is 0 Å². The summed E-state index contributed by atoms with van der Waals surface area (Å²) >= 11 is 0. The van der Waals surface area contributed by atoms with E-state index in [0.29, 0.717) is 6.54 Å². The van der Waals surface area contributed by atoms with Crippen molar-refractivity contribution in [3.05, 3.63) is 11.4 Å². The lowest BCUT2D eigenvalue weighted by atomic mass is 9.95. The zero-order valence-electron chi connectivity index (χ0n) is 14.3. The third-order valence-electron chi connectivity index (χ3n) is 3.26. The van der Waals surface area contributed by atoms with Gasteiger partial charge in [-0.3, -0.25) is 0 Å². The largest absolute Gasteiger partial charge is 0.370 e. The second-order valence-electron chi connectivity index (χ2n) is 6.54. The predicted molar refractivity (Wildman–Crippen MR) is 87.7 cm³/mol. The van der Waals surface area contributed by atoms with Gasteiger partial charge in [0.2, 0.25) is 0 Å². The van der Waals surface area contributed by atoms with Gasteiger partial charge in [0.15, 0.2) is 0 Å². The molecule has 1 aromatic rings. The van der Waals surface area contributed by atoms with Gasteiger partial charge in [0.25, 0.3) is 0 Å². The molecule has 0 saturated heterocycles. The number of aromatic nitrogens is 2. The Morgan fingerprint density at radius 3 is 2.43 bits per heavy atom. The Morgan fingerprint density at radius 2 is 1.95 bits per heavy atom. The minimum atomic E-state index is -0.117. The summed E-state index contributed by atoms with van der Waals surface area (Å²) in [6, 6.07) is 2.27. The van der Waals surface area contributed by atoms with Gasteiger partial charge in [-0.05, 0) is 20.8 Å². The standard InChI is InChI=1S/C16H27N5/c1-8-18-13-12(3)14(21(7)10-11(2)9-17)20-15(19-13)16(4,5)6/h11H,8,10H2,1-7H3,(H,18,19,20). The summed E-state index contributed by atoms with van der Waals surface area (Å²) in [5, 5.41) is 12.3. The summed E-state index contributed by atoms with van der Waals surface area (Å²) in [4.78, 5) is 11.4. The Labute approximate surface area is 128 Å². The van der Waals surface area contributed by atoms with Crippen molar-refractivity contribution in [1.29, 1.82) is 5.26 Å². The first-order chi connectivity index (χ1) is 9.70. The Morgan fingerprint density at radius 1 is 1.33 bits per heavy atom. The summed E-state index contributed by atoms with van der Waals surface area (Å²) in [5.41, 5.74) is 0.909. The quantitative estimate of drug-likeness (QED) is 0.902. The van der Waals surface area contributed by atoms with Gasteiger partial charge in [0.05, 0.1) is 12.0 Å².